The van der Waals surface area contributed by atoms with E-state index < -0.39 is 0 Å². The molecule has 0 aliphatic carbocycles. The Balaban J connectivity index is 2.03. The van der Waals surface area contributed by atoms with Crippen molar-refractivity contribution in [3.63, 3.8) is 0 Å². The minimum absolute atomic E-state index is 0.0364. The average molecular weight is 253 g/mol. The summed E-state index contributed by atoms with van der Waals surface area (Å²) in [5.74, 6) is 0.742. The van der Waals surface area contributed by atoms with Gasteiger partial charge in [-0.3, -0.25) is 4.79 Å². The number of benzene rings is 2. The number of nitrogens with zero attached hydrogens (tertiary/aromatic N) is 1. The summed E-state index contributed by atoms with van der Waals surface area (Å²) in [6.07, 6.45) is 0.385. The molecule has 1 aliphatic heterocycles. The van der Waals surface area contributed by atoms with Crippen LogP contribution in [0.1, 0.15) is 16.7 Å². The van der Waals surface area contributed by atoms with Crippen LogP contribution in [0.25, 0.3) is 0 Å². The zero-order valence-corrected chi connectivity index (χ0v) is 11.0. The molecule has 3 heteroatoms. The van der Waals surface area contributed by atoms with E-state index in [1.54, 1.807) is 0 Å². The molecule has 3 nitrogen and oxygen atoms in total. The van der Waals surface area contributed by atoms with Gasteiger partial charge >= 0.3 is 0 Å². The second-order valence-electron chi connectivity index (χ2n) is 4.85. The predicted octanol–water partition coefficient (Wildman–Crippen LogP) is 3.19. The van der Waals surface area contributed by atoms with Crippen LogP contribution >= 0.6 is 0 Å². The van der Waals surface area contributed by atoms with Gasteiger partial charge in [0.1, 0.15) is 0 Å². The molecule has 2 aromatic carbocycles. The summed E-state index contributed by atoms with van der Waals surface area (Å²) in [5.41, 5.74) is 4.00. The number of fused-ring (bicyclic) bond motifs is 1. The van der Waals surface area contributed by atoms with Crippen molar-refractivity contribution in [2.75, 3.05) is 5.06 Å². The highest BCUT2D eigenvalue weighted by Gasteiger charge is 2.27. The molecule has 1 aliphatic rings. The lowest BCUT2D eigenvalue weighted by Gasteiger charge is -2.29. The molecule has 0 saturated carbocycles. The van der Waals surface area contributed by atoms with Crippen molar-refractivity contribution in [2.24, 2.45) is 0 Å². The molecule has 19 heavy (non-hydrogen) atoms. The SMILES string of the molecule is Cc1cc(C)c2c(c1)ON(c1ccccc1)C(=O)C2. The Kier molecular flexibility index (Phi) is 2.75. The predicted molar refractivity (Wildman–Crippen MR) is 74.2 cm³/mol. The van der Waals surface area contributed by atoms with E-state index in [1.807, 2.05) is 50.2 Å². The normalized spacial score (nSPS) is 14.0. The summed E-state index contributed by atoms with van der Waals surface area (Å²) in [6, 6.07) is 13.5. The van der Waals surface area contributed by atoms with E-state index in [0.29, 0.717) is 6.42 Å². The van der Waals surface area contributed by atoms with Gasteiger partial charge < -0.3 is 4.84 Å². The van der Waals surface area contributed by atoms with E-state index in [0.717, 1.165) is 28.1 Å². The Bertz CT molecular complexity index is 635. The van der Waals surface area contributed by atoms with Crippen LogP contribution in [0.3, 0.4) is 0 Å². The standard InChI is InChI=1S/C16H15NO2/c1-11-8-12(2)14-10-16(18)17(19-15(14)9-11)13-6-4-3-5-7-13/h3-9H,10H2,1-2H3. The Morgan fingerprint density at radius 2 is 1.84 bits per heavy atom. The van der Waals surface area contributed by atoms with Gasteiger partial charge in [0.15, 0.2) is 5.75 Å². The highest BCUT2D eigenvalue weighted by Crippen LogP contribution is 2.31. The lowest BCUT2D eigenvalue weighted by atomic mass is 10.0. The number of para-hydroxylation sites is 1. The topological polar surface area (TPSA) is 29.5 Å². The van der Waals surface area contributed by atoms with Gasteiger partial charge in [0.2, 0.25) is 0 Å². The van der Waals surface area contributed by atoms with Gasteiger partial charge in [-0.15, -0.1) is 5.06 Å². The van der Waals surface area contributed by atoms with Crippen LogP contribution in [-0.2, 0) is 11.2 Å². The molecular weight excluding hydrogens is 238 g/mol. The molecule has 2 aromatic rings. The molecule has 0 unspecified atom stereocenters. The summed E-state index contributed by atoms with van der Waals surface area (Å²) >= 11 is 0. The molecule has 96 valence electrons. The van der Waals surface area contributed by atoms with Gasteiger partial charge in [-0.05, 0) is 43.2 Å². The average Bonchev–Trinajstić information content (AvgIpc) is 2.40. The van der Waals surface area contributed by atoms with Crippen LogP contribution in [-0.4, -0.2) is 5.91 Å². The first-order valence-electron chi connectivity index (χ1n) is 6.31. The number of rotatable bonds is 1. The summed E-state index contributed by atoms with van der Waals surface area (Å²) in [7, 11) is 0. The maximum Gasteiger partial charge on any atom is 0.264 e. The maximum atomic E-state index is 12.2. The zero-order chi connectivity index (χ0) is 13.4. The fraction of sp³-hybridized carbons (Fsp3) is 0.188. The van der Waals surface area contributed by atoms with Crippen molar-refractivity contribution in [1.82, 2.24) is 0 Å². The third kappa shape index (κ3) is 2.08. The number of hydroxylamine groups is 1. The van der Waals surface area contributed by atoms with Crippen molar-refractivity contribution in [2.45, 2.75) is 20.3 Å². The molecule has 0 bridgehead atoms. The Morgan fingerprint density at radius 1 is 1.11 bits per heavy atom. The van der Waals surface area contributed by atoms with E-state index in [2.05, 4.69) is 6.07 Å². The summed E-state index contributed by atoms with van der Waals surface area (Å²) < 4.78 is 0. The zero-order valence-electron chi connectivity index (χ0n) is 11.0. The van der Waals surface area contributed by atoms with Gasteiger partial charge in [-0.25, -0.2) is 0 Å². The summed E-state index contributed by atoms with van der Waals surface area (Å²) in [4.78, 5) is 18.0. The van der Waals surface area contributed by atoms with Crippen LogP contribution in [0.2, 0.25) is 0 Å². The van der Waals surface area contributed by atoms with Crippen molar-refractivity contribution >= 4 is 11.6 Å². The second-order valence-corrected chi connectivity index (χ2v) is 4.85. The lowest BCUT2D eigenvalue weighted by molar-refractivity contribution is -0.123. The molecule has 0 fully saturated rings. The first-order chi connectivity index (χ1) is 9.15. The molecule has 1 amide bonds. The number of aryl methyl sites for hydroxylation is 2. The summed E-state index contributed by atoms with van der Waals surface area (Å²) in [6.45, 7) is 4.04. The van der Waals surface area contributed by atoms with E-state index >= 15 is 0 Å². The van der Waals surface area contributed by atoms with Gasteiger partial charge in [-0.1, -0.05) is 24.3 Å². The van der Waals surface area contributed by atoms with Crippen LogP contribution in [0.15, 0.2) is 42.5 Å². The largest absolute Gasteiger partial charge is 0.372 e. The molecule has 0 radical (unpaired) electrons. The smallest absolute Gasteiger partial charge is 0.264 e. The number of amides is 1. The van der Waals surface area contributed by atoms with Crippen LogP contribution in [0, 0.1) is 13.8 Å². The Labute approximate surface area is 112 Å². The van der Waals surface area contributed by atoms with Crippen molar-refractivity contribution in [1.29, 1.82) is 0 Å². The number of hydrogen-bond donors (Lipinski definition) is 0. The molecule has 0 N–H and O–H groups in total. The molecule has 1 heterocycles. The number of anilines is 1. The monoisotopic (exact) mass is 253 g/mol. The van der Waals surface area contributed by atoms with Crippen molar-refractivity contribution < 1.29 is 9.63 Å². The Hall–Kier alpha value is -2.29. The van der Waals surface area contributed by atoms with Crippen LogP contribution in [0.4, 0.5) is 5.69 Å². The lowest BCUT2D eigenvalue weighted by Crippen LogP contribution is -2.39. The van der Waals surface area contributed by atoms with E-state index in [-0.39, 0.29) is 5.91 Å². The third-order valence-corrected chi connectivity index (χ3v) is 3.31. The fourth-order valence-electron chi connectivity index (χ4n) is 2.40. The number of carbonyl (C=O) groups excluding carboxylic acids is 1. The van der Waals surface area contributed by atoms with Crippen LogP contribution in [0.5, 0.6) is 5.75 Å². The van der Waals surface area contributed by atoms with Gasteiger partial charge in [0.25, 0.3) is 5.91 Å². The highest BCUT2D eigenvalue weighted by atomic mass is 16.7. The molecule has 3 rings (SSSR count). The van der Waals surface area contributed by atoms with E-state index in [4.69, 9.17) is 4.84 Å². The number of hydrogen-bond acceptors (Lipinski definition) is 2. The van der Waals surface area contributed by atoms with Crippen molar-refractivity contribution in [3.8, 4) is 5.75 Å². The quantitative estimate of drug-likeness (QED) is 0.781. The molecule has 0 atom stereocenters. The first kappa shape index (κ1) is 11.8. The molecule has 0 saturated heterocycles. The minimum atomic E-state index is -0.0364. The number of carbonyl (C=O) groups is 1. The molecular formula is C16H15NO2. The second kappa shape index (κ2) is 4.43. The Morgan fingerprint density at radius 3 is 2.58 bits per heavy atom. The fourth-order valence-corrected chi connectivity index (χ4v) is 2.40. The van der Waals surface area contributed by atoms with E-state index in [1.165, 1.54) is 5.06 Å². The minimum Gasteiger partial charge on any atom is -0.372 e. The molecule has 0 spiro atoms. The van der Waals surface area contributed by atoms with E-state index in [9.17, 15) is 4.79 Å². The van der Waals surface area contributed by atoms with Gasteiger partial charge in [0.05, 0.1) is 12.1 Å². The maximum absolute atomic E-state index is 12.2. The molecule has 0 aromatic heterocycles. The van der Waals surface area contributed by atoms with Crippen LogP contribution < -0.4 is 9.90 Å². The van der Waals surface area contributed by atoms with Gasteiger partial charge in [0, 0.05) is 5.56 Å². The highest BCUT2D eigenvalue weighted by molar-refractivity contribution is 5.95. The van der Waals surface area contributed by atoms with Gasteiger partial charge in [-0.2, -0.15) is 0 Å². The van der Waals surface area contributed by atoms with Crippen molar-refractivity contribution in [3.05, 3.63) is 59.2 Å². The third-order valence-electron chi connectivity index (χ3n) is 3.31. The summed E-state index contributed by atoms with van der Waals surface area (Å²) in [5, 5.41) is 1.38. The first-order valence-corrected chi connectivity index (χ1v) is 6.31.